The molecule has 13 heteroatoms. The minimum atomic E-state index is -1.12. The number of nitrogens with one attached hydrogen (secondary N) is 1. The number of carbonyl (C=O) groups is 2. The average Bonchev–Trinajstić information content (AvgIpc) is 3.26. The van der Waals surface area contributed by atoms with Gasteiger partial charge >= 0.3 is 0 Å². The number of ether oxygens (including phenoxy) is 1. The molecule has 2 aromatic rings. The lowest BCUT2D eigenvalue weighted by Gasteiger charge is -2.41. The van der Waals surface area contributed by atoms with Gasteiger partial charge in [0.1, 0.15) is 22.2 Å². The van der Waals surface area contributed by atoms with Gasteiger partial charge in [0.2, 0.25) is 11.3 Å². The normalized spacial score (nSPS) is 23.9. The van der Waals surface area contributed by atoms with Crippen LogP contribution in [0, 0.1) is 11.6 Å². The monoisotopic (exact) mass is 534 g/mol. The lowest BCUT2D eigenvalue weighted by Crippen LogP contribution is -2.52. The molecule has 5 rings (SSSR count). The fourth-order valence-corrected chi connectivity index (χ4v) is 4.96. The molecule has 1 spiro atoms. The van der Waals surface area contributed by atoms with Crippen molar-refractivity contribution in [3.05, 3.63) is 74.2 Å². The van der Waals surface area contributed by atoms with Crippen LogP contribution < -0.4 is 10.7 Å². The van der Waals surface area contributed by atoms with Gasteiger partial charge < -0.3 is 29.5 Å². The Hall–Kier alpha value is -3.93. The Morgan fingerprint density at radius 2 is 2.14 bits per heavy atom. The van der Waals surface area contributed by atoms with Crippen LogP contribution in [-0.4, -0.2) is 57.6 Å². The van der Waals surface area contributed by atoms with E-state index in [-0.39, 0.29) is 30.3 Å². The largest absolute Gasteiger partial charge is 0.503 e. The summed E-state index contributed by atoms with van der Waals surface area (Å²) in [5.41, 5.74) is -3.09. The van der Waals surface area contributed by atoms with Crippen LogP contribution >= 0.6 is 11.6 Å². The molecule has 2 N–H and O–H groups in total. The molecule has 3 aliphatic rings. The van der Waals surface area contributed by atoms with Gasteiger partial charge in [0.15, 0.2) is 17.0 Å². The fourth-order valence-electron chi connectivity index (χ4n) is 4.78. The Bertz CT molecular complexity index is 1460. The van der Waals surface area contributed by atoms with Crippen molar-refractivity contribution < 1.29 is 33.1 Å². The maximum absolute atomic E-state index is 14.3. The van der Waals surface area contributed by atoms with Crippen molar-refractivity contribution >= 4 is 29.3 Å². The second-order valence-corrected chi connectivity index (χ2v) is 9.36. The van der Waals surface area contributed by atoms with Gasteiger partial charge in [0.25, 0.3) is 11.8 Å². The Morgan fingerprint density at radius 3 is 2.84 bits per heavy atom. The van der Waals surface area contributed by atoms with E-state index in [1.807, 2.05) is 0 Å². The zero-order valence-corrected chi connectivity index (χ0v) is 20.4. The number of rotatable bonds is 3. The lowest BCUT2D eigenvalue weighted by molar-refractivity contribution is -0.0316. The molecule has 1 aromatic carbocycles. The third kappa shape index (κ3) is 3.82. The first-order valence-corrected chi connectivity index (χ1v) is 11.6. The van der Waals surface area contributed by atoms with E-state index in [0.29, 0.717) is 5.90 Å². The molecule has 3 atom stereocenters. The third-order valence-electron chi connectivity index (χ3n) is 6.87. The van der Waals surface area contributed by atoms with Gasteiger partial charge in [-0.05, 0) is 19.1 Å². The molecule has 0 unspecified atom stereocenters. The van der Waals surface area contributed by atoms with E-state index in [2.05, 4.69) is 10.5 Å². The van der Waals surface area contributed by atoms with Crippen molar-refractivity contribution in [2.24, 2.45) is 5.16 Å². The van der Waals surface area contributed by atoms with E-state index in [0.717, 1.165) is 12.1 Å². The van der Waals surface area contributed by atoms with Crippen LogP contribution in [0.15, 0.2) is 40.4 Å². The molecule has 0 radical (unpaired) electrons. The van der Waals surface area contributed by atoms with Crippen LogP contribution in [0.1, 0.15) is 45.8 Å². The lowest BCUT2D eigenvalue weighted by atomic mass is 9.88. The van der Waals surface area contributed by atoms with Crippen molar-refractivity contribution in [3.63, 3.8) is 0 Å². The van der Waals surface area contributed by atoms with Crippen molar-refractivity contribution in [1.82, 2.24) is 14.8 Å². The Labute approximate surface area is 213 Å². The number of hydrogen-bond acceptors (Lipinski definition) is 7. The molecule has 0 saturated carbocycles. The Kier molecular flexibility index (Phi) is 5.94. The van der Waals surface area contributed by atoms with Gasteiger partial charge in [-0.15, -0.1) is 0 Å². The van der Waals surface area contributed by atoms with Crippen LogP contribution in [-0.2, 0) is 16.1 Å². The maximum atomic E-state index is 14.3. The number of hydrogen-bond donors (Lipinski definition) is 2. The molecule has 0 fully saturated rings. The third-order valence-corrected chi connectivity index (χ3v) is 7.22. The van der Waals surface area contributed by atoms with Crippen molar-refractivity contribution in [2.45, 2.75) is 37.6 Å². The van der Waals surface area contributed by atoms with Gasteiger partial charge in [-0.1, -0.05) is 28.9 Å². The first-order valence-electron chi connectivity index (χ1n) is 11.3. The van der Waals surface area contributed by atoms with E-state index < -0.39 is 63.4 Å². The molecule has 2 amide bonds. The van der Waals surface area contributed by atoms with E-state index in [4.69, 9.17) is 21.2 Å². The van der Waals surface area contributed by atoms with Gasteiger partial charge in [-0.3, -0.25) is 14.4 Å². The summed E-state index contributed by atoms with van der Waals surface area (Å²) in [4.78, 5) is 46.5. The molecule has 2 bridgehead atoms. The predicted molar refractivity (Wildman–Crippen MR) is 126 cm³/mol. The van der Waals surface area contributed by atoms with Gasteiger partial charge in [-0.2, -0.15) is 0 Å². The smallest absolute Gasteiger partial charge is 0.275 e. The standard InChI is InChI=1S/C24H21ClF2N4O6/c1-11-5-6-24(7-16(36-2)29-37-24)15-10-30(11)23(35)19-21(33)20(32)13(9-31(15)19)22(34)28-8-12-3-4-14(26)17(25)18(12)27/h3-6,9,11,15,33H,7-8,10H2,1-2H3,(H,28,34)/t11-,15+,24-/m0/s1. The molecule has 194 valence electrons. The summed E-state index contributed by atoms with van der Waals surface area (Å²) in [6.45, 7) is 1.50. The minimum absolute atomic E-state index is 0.113. The zero-order valence-electron chi connectivity index (χ0n) is 19.6. The summed E-state index contributed by atoms with van der Waals surface area (Å²) in [5.74, 6) is -4.14. The average molecular weight is 535 g/mol. The first-order chi connectivity index (χ1) is 17.6. The van der Waals surface area contributed by atoms with Crippen LogP contribution in [0.5, 0.6) is 5.75 Å². The Balaban J connectivity index is 1.55. The Morgan fingerprint density at radius 1 is 1.38 bits per heavy atom. The number of amides is 2. The fraction of sp³-hybridized carbons (Fsp3) is 0.333. The molecule has 3 aliphatic heterocycles. The van der Waals surface area contributed by atoms with E-state index in [9.17, 15) is 28.3 Å². The highest BCUT2D eigenvalue weighted by Crippen LogP contribution is 2.43. The highest BCUT2D eigenvalue weighted by molar-refractivity contribution is 6.30. The molecule has 0 aliphatic carbocycles. The summed E-state index contributed by atoms with van der Waals surface area (Å²) >= 11 is 5.59. The van der Waals surface area contributed by atoms with Crippen LogP contribution in [0.4, 0.5) is 8.78 Å². The van der Waals surface area contributed by atoms with E-state index >= 15 is 0 Å². The second-order valence-electron chi connectivity index (χ2n) is 8.98. The molecule has 0 saturated heterocycles. The zero-order chi connectivity index (χ0) is 26.6. The summed E-state index contributed by atoms with van der Waals surface area (Å²) in [6, 6.07) is 0.980. The summed E-state index contributed by atoms with van der Waals surface area (Å²) < 4.78 is 34.3. The number of oxime groups is 1. The number of aromatic hydroxyl groups is 1. The number of fused-ring (bicyclic) bond motifs is 5. The van der Waals surface area contributed by atoms with Crippen molar-refractivity contribution in [1.29, 1.82) is 0 Å². The van der Waals surface area contributed by atoms with E-state index in [1.165, 1.54) is 22.8 Å². The maximum Gasteiger partial charge on any atom is 0.275 e. The first kappa shape index (κ1) is 24.8. The van der Waals surface area contributed by atoms with Crippen molar-refractivity contribution in [3.8, 4) is 5.75 Å². The van der Waals surface area contributed by atoms with Gasteiger partial charge in [0.05, 0.1) is 19.6 Å². The highest BCUT2D eigenvalue weighted by atomic mass is 35.5. The summed E-state index contributed by atoms with van der Waals surface area (Å²) in [6.07, 6.45) is 4.90. The number of nitrogens with zero attached hydrogens (tertiary/aromatic N) is 3. The molecular weight excluding hydrogens is 514 g/mol. The molecule has 10 nitrogen and oxygen atoms in total. The number of aromatic nitrogens is 1. The van der Waals surface area contributed by atoms with E-state index in [1.54, 1.807) is 19.1 Å². The quantitative estimate of drug-likeness (QED) is 0.461. The molecule has 4 heterocycles. The van der Waals surface area contributed by atoms with Gasteiger partial charge in [-0.25, -0.2) is 8.78 Å². The molecule has 1 aromatic heterocycles. The highest BCUT2D eigenvalue weighted by Gasteiger charge is 2.53. The summed E-state index contributed by atoms with van der Waals surface area (Å²) in [5, 5.41) is 16.4. The number of halogens is 3. The number of methoxy groups -OCH3 is 1. The topological polar surface area (TPSA) is 122 Å². The number of carbonyl (C=O) groups excluding carboxylic acids is 2. The minimum Gasteiger partial charge on any atom is -0.503 e. The second kappa shape index (κ2) is 8.87. The number of benzene rings is 1. The van der Waals surface area contributed by atoms with Gasteiger partial charge in [0, 0.05) is 30.9 Å². The van der Waals surface area contributed by atoms with Crippen LogP contribution in [0.3, 0.4) is 0 Å². The van der Waals surface area contributed by atoms with Crippen LogP contribution in [0.2, 0.25) is 5.02 Å². The summed E-state index contributed by atoms with van der Waals surface area (Å²) in [7, 11) is 1.44. The van der Waals surface area contributed by atoms with Crippen molar-refractivity contribution in [2.75, 3.05) is 13.7 Å². The number of pyridine rings is 1. The molecule has 37 heavy (non-hydrogen) atoms. The molecular formula is C24H21ClF2N4O6. The SMILES string of the molecule is COC1=NO[C@@]2(C=C[C@H](C)N3C[C@H]2n2cc(C(=O)NCc4ccc(F)c(Cl)c4F)c(=O)c(O)c2C3=O)C1. The predicted octanol–water partition coefficient (Wildman–Crippen LogP) is 2.49. The van der Waals surface area contributed by atoms with Crippen LogP contribution in [0.25, 0.3) is 0 Å².